The summed E-state index contributed by atoms with van der Waals surface area (Å²) < 4.78 is 15.8. The van der Waals surface area contributed by atoms with Crippen LogP contribution in [0.2, 0.25) is 0 Å². The first kappa shape index (κ1) is 20.0. The second-order valence-electron chi connectivity index (χ2n) is 6.12. The van der Waals surface area contributed by atoms with Crippen LogP contribution in [0.25, 0.3) is 0 Å². The summed E-state index contributed by atoms with van der Waals surface area (Å²) in [6.07, 6.45) is 1.62. The number of amides is 1. The quantitative estimate of drug-likeness (QED) is 0.603. The van der Waals surface area contributed by atoms with E-state index in [9.17, 15) is 4.79 Å². The van der Waals surface area contributed by atoms with Crippen molar-refractivity contribution >= 4 is 17.3 Å². The van der Waals surface area contributed by atoms with Gasteiger partial charge in [-0.15, -0.1) is 0 Å². The maximum atomic E-state index is 12.5. The van der Waals surface area contributed by atoms with Crippen molar-refractivity contribution in [2.45, 2.75) is 6.54 Å². The van der Waals surface area contributed by atoms with Gasteiger partial charge in [0.1, 0.15) is 22.9 Å². The Balaban J connectivity index is 1.64. The van der Waals surface area contributed by atoms with Crippen LogP contribution in [-0.2, 0) is 6.54 Å². The highest BCUT2D eigenvalue weighted by Gasteiger charge is 2.12. The predicted octanol–water partition coefficient (Wildman–Crippen LogP) is 3.97. The third-order valence-corrected chi connectivity index (χ3v) is 4.33. The normalized spacial score (nSPS) is 10.2. The average Bonchev–Trinajstić information content (AvgIpc) is 2.78. The van der Waals surface area contributed by atoms with E-state index in [4.69, 9.17) is 14.2 Å². The highest BCUT2D eigenvalue weighted by Crippen LogP contribution is 2.29. The van der Waals surface area contributed by atoms with Crippen LogP contribution in [0, 0.1) is 0 Å². The number of rotatable bonds is 8. The number of para-hydroxylation sites is 1. The van der Waals surface area contributed by atoms with Crippen LogP contribution in [0.3, 0.4) is 0 Å². The van der Waals surface area contributed by atoms with Gasteiger partial charge in [-0.1, -0.05) is 18.2 Å². The molecule has 0 radical (unpaired) electrons. The highest BCUT2D eigenvalue weighted by atomic mass is 16.5. The molecule has 1 amide bonds. The van der Waals surface area contributed by atoms with Gasteiger partial charge in [-0.3, -0.25) is 4.79 Å². The molecule has 0 spiro atoms. The van der Waals surface area contributed by atoms with Crippen LogP contribution in [0.15, 0.2) is 60.8 Å². The number of anilines is 2. The zero-order chi connectivity index (χ0) is 20.6. The van der Waals surface area contributed by atoms with E-state index in [0.29, 0.717) is 29.4 Å². The molecule has 0 aliphatic rings. The molecule has 0 aliphatic heterocycles. The first-order valence-electron chi connectivity index (χ1n) is 8.99. The predicted molar refractivity (Wildman–Crippen MR) is 112 cm³/mol. The van der Waals surface area contributed by atoms with Crippen LogP contribution < -0.4 is 24.8 Å². The molecule has 3 aromatic rings. The summed E-state index contributed by atoms with van der Waals surface area (Å²) in [5.41, 5.74) is 2.67. The number of ether oxygens (including phenoxy) is 3. The third-order valence-electron chi connectivity index (χ3n) is 4.33. The average molecular weight is 393 g/mol. The minimum absolute atomic E-state index is 0.297. The van der Waals surface area contributed by atoms with Gasteiger partial charge in [-0.05, 0) is 30.3 Å². The Morgan fingerprint density at radius 3 is 2.41 bits per heavy atom. The number of nitrogens with one attached hydrogen (secondary N) is 2. The highest BCUT2D eigenvalue weighted by molar-refractivity contribution is 6.03. The van der Waals surface area contributed by atoms with E-state index >= 15 is 0 Å². The summed E-state index contributed by atoms with van der Waals surface area (Å²) in [4.78, 5) is 16.8. The number of pyridine rings is 1. The summed E-state index contributed by atoms with van der Waals surface area (Å²) in [6, 6.07) is 16.4. The van der Waals surface area contributed by atoms with Crippen molar-refractivity contribution in [3.63, 3.8) is 0 Å². The smallest absolute Gasteiger partial charge is 0.274 e. The molecule has 1 heterocycles. The minimum Gasteiger partial charge on any atom is -0.497 e. The second kappa shape index (κ2) is 9.45. The van der Waals surface area contributed by atoms with Gasteiger partial charge in [0.25, 0.3) is 5.91 Å². The second-order valence-corrected chi connectivity index (χ2v) is 6.12. The molecule has 0 fully saturated rings. The lowest BCUT2D eigenvalue weighted by atomic mass is 10.2. The fourth-order valence-corrected chi connectivity index (χ4v) is 2.77. The van der Waals surface area contributed by atoms with Crippen molar-refractivity contribution in [3.8, 4) is 17.2 Å². The molecule has 0 aliphatic carbocycles. The van der Waals surface area contributed by atoms with Crippen LogP contribution in [0.4, 0.5) is 11.4 Å². The molecule has 2 N–H and O–H groups in total. The number of carbonyl (C=O) groups is 1. The Bertz CT molecular complexity index is 974. The summed E-state index contributed by atoms with van der Waals surface area (Å²) in [5, 5.41) is 6.08. The molecule has 150 valence electrons. The summed E-state index contributed by atoms with van der Waals surface area (Å²) >= 11 is 0. The van der Waals surface area contributed by atoms with Gasteiger partial charge in [-0.25, -0.2) is 4.98 Å². The topological polar surface area (TPSA) is 81.7 Å². The maximum absolute atomic E-state index is 12.5. The molecule has 3 rings (SSSR count). The Hall–Kier alpha value is -3.74. The van der Waals surface area contributed by atoms with Gasteiger partial charge < -0.3 is 24.8 Å². The summed E-state index contributed by atoms with van der Waals surface area (Å²) in [5.74, 6) is 1.64. The van der Waals surface area contributed by atoms with E-state index in [1.807, 2.05) is 30.3 Å². The number of benzene rings is 2. The standard InChI is InChI=1S/C22H23N3O4/c1-27-17-9-11-18(21(12-17)29-3)25-22(26)19-10-8-16(14-24-19)23-13-15-6-4-5-7-20(15)28-2/h4-12,14,23H,13H2,1-3H3,(H,25,26). The first-order chi connectivity index (χ1) is 14.1. The van der Waals surface area contributed by atoms with Crippen LogP contribution >= 0.6 is 0 Å². The molecule has 0 bridgehead atoms. The van der Waals surface area contributed by atoms with Gasteiger partial charge in [0.15, 0.2) is 0 Å². The van der Waals surface area contributed by atoms with E-state index in [1.165, 1.54) is 7.11 Å². The molecule has 0 saturated carbocycles. The van der Waals surface area contributed by atoms with Crippen molar-refractivity contribution in [1.82, 2.24) is 4.98 Å². The Morgan fingerprint density at radius 1 is 0.931 bits per heavy atom. The van der Waals surface area contributed by atoms with Crippen molar-refractivity contribution in [1.29, 1.82) is 0 Å². The van der Waals surface area contributed by atoms with E-state index in [1.54, 1.807) is 44.7 Å². The number of carbonyl (C=O) groups excluding carboxylic acids is 1. The third kappa shape index (κ3) is 4.95. The molecule has 0 atom stereocenters. The molecular formula is C22H23N3O4. The molecule has 0 saturated heterocycles. The summed E-state index contributed by atoms with van der Waals surface area (Å²) in [6.45, 7) is 0.584. The van der Waals surface area contributed by atoms with Crippen LogP contribution in [0.1, 0.15) is 16.1 Å². The Labute approximate surface area is 169 Å². The zero-order valence-corrected chi connectivity index (χ0v) is 16.6. The number of hydrogen-bond acceptors (Lipinski definition) is 6. The fraction of sp³-hybridized carbons (Fsp3) is 0.182. The van der Waals surface area contributed by atoms with Crippen LogP contribution in [0.5, 0.6) is 17.2 Å². The summed E-state index contributed by atoms with van der Waals surface area (Å²) in [7, 11) is 4.75. The fourth-order valence-electron chi connectivity index (χ4n) is 2.77. The molecule has 1 aromatic heterocycles. The largest absolute Gasteiger partial charge is 0.497 e. The number of nitrogens with zero attached hydrogens (tertiary/aromatic N) is 1. The number of hydrogen-bond donors (Lipinski definition) is 2. The van der Waals surface area contributed by atoms with Crippen molar-refractivity contribution in [3.05, 3.63) is 72.1 Å². The minimum atomic E-state index is -0.329. The first-order valence-corrected chi connectivity index (χ1v) is 8.99. The monoisotopic (exact) mass is 393 g/mol. The molecule has 29 heavy (non-hydrogen) atoms. The van der Waals surface area contributed by atoms with Gasteiger partial charge in [0.05, 0.1) is 38.9 Å². The van der Waals surface area contributed by atoms with Gasteiger partial charge in [0.2, 0.25) is 0 Å². The lowest BCUT2D eigenvalue weighted by Crippen LogP contribution is -2.14. The van der Waals surface area contributed by atoms with Gasteiger partial charge in [0, 0.05) is 18.2 Å². The lowest BCUT2D eigenvalue weighted by Gasteiger charge is -2.12. The number of aromatic nitrogens is 1. The Kier molecular flexibility index (Phi) is 6.52. The van der Waals surface area contributed by atoms with E-state index in [-0.39, 0.29) is 5.91 Å². The molecule has 7 nitrogen and oxygen atoms in total. The number of methoxy groups -OCH3 is 3. The zero-order valence-electron chi connectivity index (χ0n) is 16.6. The van der Waals surface area contributed by atoms with Crippen molar-refractivity contribution < 1.29 is 19.0 Å². The molecule has 0 unspecified atom stereocenters. The van der Waals surface area contributed by atoms with Crippen molar-refractivity contribution in [2.24, 2.45) is 0 Å². The SMILES string of the molecule is COc1ccc(NC(=O)c2ccc(NCc3ccccc3OC)cn2)c(OC)c1. The molecule has 7 heteroatoms. The molecular weight excluding hydrogens is 370 g/mol. The van der Waals surface area contributed by atoms with Gasteiger partial charge >= 0.3 is 0 Å². The van der Waals surface area contributed by atoms with Crippen LogP contribution in [-0.4, -0.2) is 32.2 Å². The Morgan fingerprint density at radius 2 is 1.72 bits per heavy atom. The van der Waals surface area contributed by atoms with E-state index in [0.717, 1.165) is 17.0 Å². The van der Waals surface area contributed by atoms with E-state index < -0.39 is 0 Å². The maximum Gasteiger partial charge on any atom is 0.274 e. The molecule has 2 aromatic carbocycles. The van der Waals surface area contributed by atoms with Crippen molar-refractivity contribution in [2.75, 3.05) is 32.0 Å². The van der Waals surface area contributed by atoms with E-state index in [2.05, 4.69) is 15.6 Å². The van der Waals surface area contributed by atoms with Gasteiger partial charge in [-0.2, -0.15) is 0 Å². The lowest BCUT2D eigenvalue weighted by molar-refractivity contribution is 0.102.